The molecule has 2 heterocycles. The van der Waals surface area contributed by atoms with Crippen molar-refractivity contribution in [1.82, 2.24) is 14.8 Å². The van der Waals surface area contributed by atoms with Crippen LogP contribution in [-0.2, 0) is 24.1 Å². The van der Waals surface area contributed by atoms with Crippen LogP contribution in [0.3, 0.4) is 0 Å². The number of fused-ring (bicyclic) bond motifs is 1. The Hall–Kier alpha value is -1.73. The zero-order valence-corrected chi connectivity index (χ0v) is 12.1. The Balaban J connectivity index is 2.14. The van der Waals surface area contributed by atoms with Gasteiger partial charge in [-0.15, -0.1) is 10.2 Å². The van der Waals surface area contributed by atoms with Gasteiger partial charge in [0.1, 0.15) is 0 Å². The molecule has 0 fully saturated rings. The van der Waals surface area contributed by atoms with Crippen molar-refractivity contribution in [3.63, 3.8) is 0 Å². The maximum Gasteiger partial charge on any atom is 0.261 e. The molecular weight excluding hydrogens is 276 g/mol. The van der Waals surface area contributed by atoms with E-state index in [1.54, 1.807) is 7.11 Å². The van der Waals surface area contributed by atoms with Crippen LogP contribution in [0, 0.1) is 0 Å². The predicted octanol–water partition coefficient (Wildman–Crippen LogP) is 1.08. The maximum absolute atomic E-state index is 12.6. The highest BCUT2D eigenvalue weighted by Crippen LogP contribution is 2.27. The second-order valence-electron chi connectivity index (χ2n) is 4.78. The van der Waals surface area contributed by atoms with Crippen LogP contribution >= 0.6 is 11.3 Å². The van der Waals surface area contributed by atoms with Crippen molar-refractivity contribution in [3.05, 3.63) is 27.7 Å². The lowest BCUT2D eigenvalue weighted by Crippen LogP contribution is -2.27. The van der Waals surface area contributed by atoms with Gasteiger partial charge in [0, 0.05) is 19.3 Å². The fourth-order valence-corrected chi connectivity index (χ4v) is 3.25. The van der Waals surface area contributed by atoms with Crippen molar-refractivity contribution in [2.45, 2.75) is 25.8 Å². The standard InChI is InChI=1S/C13H16N4O2S/c1-19-6-5-17-10-4-2-3-8(10)7-9(12(17)18)11-15-16-13(14)20-11/h7H,2-6H2,1H3,(H2,14,16). The molecule has 0 unspecified atom stereocenters. The van der Waals surface area contributed by atoms with Gasteiger partial charge in [0.15, 0.2) is 5.01 Å². The van der Waals surface area contributed by atoms with Gasteiger partial charge in [0.25, 0.3) is 5.56 Å². The number of methoxy groups -OCH3 is 1. The summed E-state index contributed by atoms with van der Waals surface area (Å²) in [7, 11) is 1.64. The predicted molar refractivity (Wildman–Crippen MR) is 77.9 cm³/mol. The minimum absolute atomic E-state index is 0.0288. The Morgan fingerprint density at radius 3 is 3.00 bits per heavy atom. The molecule has 106 valence electrons. The lowest BCUT2D eigenvalue weighted by atomic mass is 10.1. The number of anilines is 1. The second-order valence-corrected chi connectivity index (χ2v) is 5.79. The number of pyridine rings is 1. The third-order valence-corrected chi connectivity index (χ3v) is 4.33. The number of rotatable bonds is 4. The molecule has 20 heavy (non-hydrogen) atoms. The van der Waals surface area contributed by atoms with Gasteiger partial charge in [0.2, 0.25) is 5.13 Å². The van der Waals surface area contributed by atoms with Crippen LogP contribution in [0.25, 0.3) is 10.6 Å². The first-order valence-electron chi connectivity index (χ1n) is 6.54. The molecule has 2 N–H and O–H groups in total. The molecule has 0 bridgehead atoms. The molecule has 0 atom stereocenters. The van der Waals surface area contributed by atoms with E-state index in [0.29, 0.717) is 28.9 Å². The Labute approximate surface area is 120 Å². The molecule has 0 spiro atoms. The molecule has 0 radical (unpaired) electrons. The number of aryl methyl sites for hydroxylation is 1. The van der Waals surface area contributed by atoms with E-state index in [4.69, 9.17) is 10.5 Å². The van der Waals surface area contributed by atoms with E-state index in [9.17, 15) is 4.79 Å². The van der Waals surface area contributed by atoms with Gasteiger partial charge in [-0.3, -0.25) is 4.79 Å². The van der Waals surface area contributed by atoms with Crippen LogP contribution in [-0.4, -0.2) is 28.5 Å². The quantitative estimate of drug-likeness (QED) is 0.912. The lowest BCUT2D eigenvalue weighted by Gasteiger charge is -2.13. The van der Waals surface area contributed by atoms with E-state index >= 15 is 0 Å². The molecule has 0 saturated heterocycles. The molecule has 1 aliphatic carbocycles. The summed E-state index contributed by atoms with van der Waals surface area (Å²) in [6.07, 6.45) is 3.04. The average Bonchev–Trinajstić information content (AvgIpc) is 3.05. The first-order chi connectivity index (χ1) is 9.70. The van der Waals surface area contributed by atoms with Crippen molar-refractivity contribution < 1.29 is 4.74 Å². The number of nitrogens with two attached hydrogens (primary N) is 1. The highest BCUT2D eigenvalue weighted by Gasteiger charge is 2.21. The third kappa shape index (κ3) is 2.23. The third-order valence-electron chi connectivity index (χ3n) is 3.54. The second kappa shape index (κ2) is 5.34. The van der Waals surface area contributed by atoms with Gasteiger partial charge < -0.3 is 15.0 Å². The topological polar surface area (TPSA) is 83.0 Å². The van der Waals surface area contributed by atoms with Crippen LogP contribution in [0.2, 0.25) is 0 Å². The molecule has 2 aromatic heterocycles. The van der Waals surface area contributed by atoms with Crippen molar-refractivity contribution >= 4 is 16.5 Å². The number of nitrogens with zero attached hydrogens (tertiary/aromatic N) is 3. The molecule has 0 saturated carbocycles. The van der Waals surface area contributed by atoms with E-state index in [0.717, 1.165) is 25.0 Å². The maximum atomic E-state index is 12.6. The Morgan fingerprint density at radius 1 is 1.45 bits per heavy atom. The minimum Gasteiger partial charge on any atom is -0.383 e. The molecule has 3 rings (SSSR count). The van der Waals surface area contributed by atoms with Crippen LogP contribution in [0.15, 0.2) is 10.9 Å². The summed E-state index contributed by atoms with van der Waals surface area (Å²) in [6, 6.07) is 1.95. The van der Waals surface area contributed by atoms with E-state index in [1.165, 1.54) is 16.9 Å². The Bertz CT molecular complexity index is 692. The lowest BCUT2D eigenvalue weighted by molar-refractivity contribution is 0.185. The van der Waals surface area contributed by atoms with E-state index in [1.807, 2.05) is 10.6 Å². The average molecular weight is 292 g/mol. The summed E-state index contributed by atoms with van der Waals surface area (Å²) in [4.78, 5) is 12.6. The SMILES string of the molecule is COCCn1c2c(cc(-c3nnc(N)s3)c1=O)CCC2. The summed E-state index contributed by atoms with van der Waals surface area (Å²) in [5.74, 6) is 0. The zero-order valence-electron chi connectivity index (χ0n) is 11.3. The van der Waals surface area contributed by atoms with Crippen LogP contribution in [0.1, 0.15) is 17.7 Å². The van der Waals surface area contributed by atoms with Crippen molar-refractivity contribution in [2.24, 2.45) is 0 Å². The molecule has 0 amide bonds. The largest absolute Gasteiger partial charge is 0.383 e. The Morgan fingerprint density at radius 2 is 2.30 bits per heavy atom. The number of hydrogen-bond donors (Lipinski definition) is 1. The molecule has 1 aliphatic rings. The van der Waals surface area contributed by atoms with Crippen LogP contribution in [0.4, 0.5) is 5.13 Å². The number of ether oxygens (including phenoxy) is 1. The highest BCUT2D eigenvalue weighted by atomic mass is 32.1. The fraction of sp³-hybridized carbons (Fsp3) is 0.462. The van der Waals surface area contributed by atoms with Gasteiger partial charge in [-0.05, 0) is 30.9 Å². The summed E-state index contributed by atoms with van der Waals surface area (Å²) >= 11 is 1.24. The van der Waals surface area contributed by atoms with Crippen molar-refractivity contribution in [2.75, 3.05) is 19.5 Å². The number of aromatic nitrogens is 3. The molecule has 7 heteroatoms. The number of hydrogen-bond acceptors (Lipinski definition) is 6. The van der Waals surface area contributed by atoms with E-state index < -0.39 is 0 Å². The molecule has 6 nitrogen and oxygen atoms in total. The monoisotopic (exact) mass is 292 g/mol. The molecule has 2 aromatic rings. The molecular formula is C13H16N4O2S. The smallest absolute Gasteiger partial charge is 0.261 e. The van der Waals surface area contributed by atoms with Gasteiger partial charge >= 0.3 is 0 Å². The Kier molecular flexibility index (Phi) is 3.54. The van der Waals surface area contributed by atoms with Gasteiger partial charge in [-0.25, -0.2) is 0 Å². The summed E-state index contributed by atoms with van der Waals surface area (Å²) in [5.41, 5.74) is 8.54. The summed E-state index contributed by atoms with van der Waals surface area (Å²) in [6.45, 7) is 1.09. The van der Waals surface area contributed by atoms with Gasteiger partial charge in [-0.1, -0.05) is 11.3 Å². The zero-order chi connectivity index (χ0) is 14.1. The molecule has 0 aliphatic heterocycles. The van der Waals surface area contributed by atoms with Crippen molar-refractivity contribution in [3.8, 4) is 10.6 Å². The first kappa shape index (κ1) is 13.3. The van der Waals surface area contributed by atoms with Crippen LogP contribution < -0.4 is 11.3 Å². The van der Waals surface area contributed by atoms with E-state index in [2.05, 4.69) is 10.2 Å². The summed E-state index contributed by atoms with van der Waals surface area (Å²) < 4.78 is 6.92. The van der Waals surface area contributed by atoms with Gasteiger partial charge in [0.05, 0.1) is 12.2 Å². The van der Waals surface area contributed by atoms with Crippen molar-refractivity contribution in [1.29, 1.82) is 0 Å². The summed E-state index contributed by atoms with van der Waals surface area (Å²) in [5, 5.41) is 8.75. The van der Waals surface area contributed by atoms with Gasteiger partial charge in [-0.2, -0.15) is 0 Å². The first-order valence-corrected chi connectivity index (χ1v) is 7.36. The van der Waals surface area contributed by atoms with E-state index in [-0.39, 0.29) is 5.56 Å². The number of nitrogen functional groups attached to an aromatic ring is 1. The normalized spacial score (nSPS) is 13.7. The highest BCUT2D eigenvalue weighted by molar-refractivity contribution is 7.18. The van der Waals surface area contributed by atoms with Crippen LogP contribution in [0.5, 0.6) is 0 Å². The fourth-order valence-electron chi connectivity index (χ4n) is 2.63. The molecule has 0 aromatic carbocycles. The minimum atomic E-state index is -0.0288.